The fourth-order valence-electron chi connectivity index (χ4n) is 4.12. The summed E-state index contributed by atoms with van der Waals surface area (Å²) in [5, 5.41) is 5.40. The molecule has 0 unspecified atom stereocenters. The van der Waals surface area contributed by atoms with Crippen LogP contribution < -0.4 is 15.2 Å². The molecule has 5 rings (SSSR count). The first-order valence-corrected chi connectivity index (χ1v) is 11.3. The first-order chi connectivity index (χ1) is 15.5. The van der Waals surface area contributed by atoms with Gasteiger partial charge in [-0.15, -0.1) is 11.3 Å². The van der Waals surface area contributed by atoms with Crippen LogP contribution in [0.15, 0.2) is 53.3 Å². The third-order valence-electron chi connectivity index (χ3n) is 5.67. The molecule has 8 heteroatoms. The largest absolute Gasteiger partial charge is 0.497 e. The highest BCUT2D eigenvalue weighted by atomic mass is 32.1. The Morgan fingerprint density at radius 3 is 2.72 bits per heavy atom. The van der Waals surface area contributed by atoms with Crippen LogP contribution in [-0.2, 0) is 17.8 Å². The number of hydrogen-bond acceptors (Lipinski definition) is 6. The van der Waals surface area contributed by atoms with Crippen LogP contribution in [-0.4, -0.2) is 34.3 Å². The zero-order valence-corrected chi connectivity index (χ0v) is 18.7. The molecule has 0 atom stereocenters. The minimum Gasteiger partial charge on any atom is -0.497 e. The zero-order chi connectivity index (χ0) is 22.2. The van der Waals surface area contributed by atoms with Gasteiger partial charge >= 0.3 is 0 Å². The van der Waals surface area contributed by atoms with E-state index in [2.05, 4.69) is 10.1 Å². The summed E-state index contributed by atoms with van der Waals surface area (Å²) in [4.78, 5) is 32.6. The molecule has 162 valence electrons. The van der Waals surface area contributed by atoms with Crippen molar-refractivity contribution in [3.8, 4) is 17.0 Å². The number of rotatable bonds is 4. The fraction of sp³-hybridized carbons (Fsp3) is 0.250. The SMILES string of the molecule is COc1ccc(-c2nn(CC(=O)N3CCCc4ccccc43)c(=O)c3nc(C)sc23)cc1. The molecule has 0 spiro atoms. The number of anilines is 1. The van der Waals surface area contributed by atoms with Gasteiger partial charge < -0.3 is 9.64 Å². The molecule has 1 aliphatic heterocycles. The third-order valence-corrected chi connectivity index (χ3v) is 6.64. The Morgan fingerprint density at radius 1 is 1.16 bits per heavy atom. The number of thiazole rings is 1. The molecule has 0 fully saturated rings. The number of methoxy groups -OCH3 is 1. The summed E-state index contributed by atoms with van der Waals surface area (Å²) in [7, 11) is 1.61. The van der Waals surface area contributed by atoms with E-state index in [1.54, 1.807) is 12.0 Å². The molecule has 3 heterocycles. The lowest BCUT2D eigenvalue weighted by molar-refractivity contribution is -0.119. The van der Waals surface area contributed by atoms with Crippen molar-refractivity contribution in [1.29, 1.82) is 0 Å². The van der Waals surface area contributed by atoms with Crippen molar-refractivity contribution in [2.45, 2.75) is 26.3 Å². The molecule has 0 saturated carbocycles. The zero-order valence-electron chi connectivity index (χ0n) is 17.9. The van der Waals surface area contributed by atoms with Gasteiger partial charge in [0.2, 0.25) is 5.91 Å². The number of fused-ring (bicyclic) bond motifs is 2. The van der Waals surface area contributed by atoms with Gasteiger partial charge in [0.1, 0.15) is 18.0 Å². The van der Waals surface area contributed by atoms with E-state index >= 15 is 0 Å². The van der Waals surface area contributed by atoms with Crippen LogP contribution in [0.2, 0.25) is 0 Å². The van der Waals surface area contributed by atoms with E-state index in [0.29, 0.717) is 17.8 Å². The molecule has 1 amide bonds. The number of carbonyl (C=O) groups excluding carboxylic acids is 1. The van der Waals surface area contributed by atoms with E-state index in [4.69, 9.17) is 4.74 Å². The Labute approximate surface area is 188 Å². The molecule has 1 aliphatic rings. The number of carbonyl (C=O) groups is 1. The molecule has 0 radical (unpaired) electrons. The number of aryl methyl sites for hydroxylation is 2. The van der Waals surface area contributed by atoms with Crippen LogP contribution in [0, 0.1) is 6.92 Å². The van der Waals surface area contributed by atoms with Crippen molar-refractivity contribution < 1.29 is 9.53 Å². The molecule has 2 aromatic heterocycles. The molecule has 4 aromatic rings. The number of para-hydroxylation sites is 1. The molecule has 0 N–H and O–H groups in total. The van der Waals surface area contributed by atoms with Crippen LogP contribution >= 0.6 is 11.3 Å². The smallest absolute Gasteiger partial charge is 0.294 e. The molecule has 0 saturated heterocycles. The Morgan fingerprint density at radius 2 is 1.94 bits per heavy atom. The lowest BCUT2D eigenvalue weighted by Gasteiger charge is -2.29. The van der Waals surface area contributed by atoms with Gasteiger partial charge in [-0.3, -0.25) is 9.59 Å². The average Bonchev–Trinajstić information content (AvgIpc) is 3.22. The van der Waals surface area contributed by atoms with Crippen molar-refractivity contribution in [1.82, 2.24) is 14.8 Å². The van der Waals surface area contributed by atoms with E-state index in [9.17, 15) is 9.59 Å². The summed E-state index contributed by atoms with van der Waals surface area (Å²) >= 11 is 1.43. The fourth-order valence-corrected chi connectivity index (χ4v) is 5.03. The van der Waals surface area contributed by atoms with E-state index in [-0.39, 0.29) is 18.0 Å². The predicted molar refractivity (Wildman–Crippen MR) is 126 cm³/mol. The number of ether oxygens (including phenoxy) is 1. The topological polar surface area (TPSA) is 77.3 Å². The highest BCUT2D eigenvalue weighted by molar-refractivity contribution is 7.19. The van der Waals surface area contributed by atoms with Crippen molar-refractivity contribution in [3.05, 3.63) is 69.5 Å². The van der Waals surface area contributed by atoms with Crippen molar-refractivity contribution in [3.63, 3.8) is 0 Å². The molecule has 0 bridgehead atoms. The summed E-state index contributed by atoms with van der Waals surface area (Å²) in [6, 6.07) is 15.4. The molecule has 0 aliphatic carbocycles. The Bertz CT molecular complexity index is 1370. The standard InChI is InChI=1S/C24H22N4O3S/c1-15-25-22-23(32-15)21(17-9-11-18(31-2)12-10-17)26-28(24(22)30)14-20(29)27-13-5-7-16-6-3-4-8-19(16)27/h3-4,6,8-12H,5,7,13-14H2,1-2H3. The van der Waals surface area contributed by atoms with Gasteiger partial charge in [0.25, 0.3) is 5.56 Å². The Balaban J connectivity index is 1.57. The molecular weight excluding hydrogens is 424 g/mol. The molecular formula is C24H22N4O3S. The van der Waals surface area contributed by atoms with Crippen LogP contribution in [0.4, 0.5) is 5.69 Å². The van der Waals surface area contributed by atoms with Crippen LogP contribution in [0.25, 0.3) is 21.5 Å². The Kier molecular flexibility index (Phi) is 5.22. The summed E-state index contributed by atoms with van der Waals surface area (Å²) in [6.07, 6.45) is 1.84. The second-order valence-electron chi connectivity index (χ2n) is 7.73. The van der Waals surface area contributed by atoms with Crippen molar-refractivity contribution in [2.24, 2.45) is 0 Å². The highest BCUT2D eigenvalue weighted by Gasteiger charge is 2.24. The summed E-state index contributed by atoms with van der Waals surface area (Å²) in [5.41, 5.74) is 3.54. The first-order valence-electron chi connectivity index (χ1n) is 10.5. The lowest BCUT2D eigenvalue weighted by Crippen LogP contribution is -2.40. The van der Waals surface area contributed by atoms with Gasteiger partial charge in [0, 0.05) is 17.8 Å². The Hall–Kier alpha value is -3.52. The van der Waals surface area contributed by atoms with E-state index in [1.807, 2.05) is 55.5 Å². The van der Waals surface area contributed by atoms with Crippen molar-refractivity contribution in [2.75, 3.05) is 18.6 Å². The van der Waals surface area contributed by atoms with Gasteiger partial charge in [0.05, 0.1) is 16.8 Å². The van der Waals surface area contributed by atoms with Crippen molar-refractivity contribution >= 4 is 33.1 Å². The van der Waals surface area contributed by atoms with Crippen LogP contribution in [0.5, 0.6) is 5.75 Å². The number of amides is 1. The summed E-state index contributed by atoms with van der Waals surface area (Å²) in [5.74, 6) is 0.580. The van der Waals surface area contributed by atoms with E-state index < -0.39 is 0 Å². The monoisotopic (exact) mass is 446 g/mol. The maximum Gasteiger partial charge on any atom is 0.294 e. The highest BCUT2D eigenvalue weighted by Crippen LogP contribution is 2.31. The number of hydrogen-bond donors (Lipinski definition) is 0. The normalized spacial score (nSPS) is 13.2. The molecule has 7 nitrogen and oxygen atoms in total. The van der Waals surface area contributed by atoms with Gasteiger partial charge in [-0.1, -0.05) is 18.2 Å². The minimum absolute atomic E-state index is 0.136. The van der Waals surface area contributed by atoms with Gasteiger partial charge in [-0.2, -0.15) is 5.10 Å². The van der Waals surface area contributed by atoms with Gasteiger partial charge in [-0.05, 0) is 55.7 Å². The lowest BCUT2D eigenvalue weighted by atomic mass is 10.0. The maximum absolute atomic E-state index is 13.2. The first kappa shape index (κ1) is 20.4. The third kappa shape index (κ3) is 3.56. The van der Waals surface area contributed by atoms with Gasteiger partial charge in [0.15, 0.2) is 5.52 Å². The number of aromatic nitrogens is 3. The summed E-state index contributed by atoms with van der Waals surface area (Å²) < 4.78 is 7.23. The maximum atomic E-state index is 13.2. The number of nitrogens with zero attached hydrogens (tertiary/aromatic N) is 4. The number of benzene rings is 2. The minimum atomic E-state index is -0.347. The van der Waals surface area contributed by atoms with E-state index in [1.165, 1.54) is 16.0 Å². The molecule has 32 heavy (non-hydrogen) atoms. The quantitative estimate of drug-likeness (QED) is 0.476. The second-order valence-corrected chi connectivity index (χ2v) is 8.93. The van der Waals surface area contributed by atoms with E-state index in [0.717, 1.165) is 45.1 Å². The average molecular weight is 447 g/mol. The summed E-state index contributed by atoms with van der Waals surface area (Å²) in [6.45, 7) is 2.36. The second kappa shape index (κ2) is 8.20. The van der Waals surface area contributed by atoms with Gasteiger partial charge in [-0.25, -0.2) is 9.67 Å². The predicted octanol–water partition coefficient (Wildman–Crippen LogP) is 3.82. The van der Waals surface area contributed by atoms with Crippen LogP contribution in [0.1, 0.15) is 17.0 Å². The van der Waals surface area contributed by atoms with Crippen LogP contribution in [0.3, 0.4) is 0 Å². The molecule has 2 aromatic carbocycles.